The summed E-state index contributed by atoms with van der Waals surface area (Å²) in [5.41, 5.74) is -0.123. The third kappa shape index (κ3) is 4.35. The van der Waals surface area contributed by atoms with Crippen molar-refractivity contribution in [3.05, 3.63) is 0 Å². The lowest BCUT2D eigenvalue weighted by molar-refractivity contribution is -0.117. The smallest absolute Gasteiger partial charge is 0.183 e. The second-order valence-corrected chi connectivity index (χ2v) is 1.89. The first-order valence-corrected chi connectivity index (χ1v) is 3.08. The van der Waals surface area contributed by atoms with Gasteiger partial charge in [-0.2, -0.15) is 0 Å². The third-order valence-corrected chi connectivity index (χ3v) is 1.08. The molecular formula is C6H10N2O3. The summed E-state index contributed by atoms with van der Waals surface area (Å²) in [6.45, 7) is 0.128. The molecule has 11 heavy (non-hydrogen) atoms. The number of hydrogen-bond acceptors (Lipinski definition) is 5. The summed E-state index contributed by atoms with van der Waals surface area (Å²) < 4.78 is 0. The van der Waals surface area contributed by atoms with Crippen molar-refractivity contribution in [2.45, 2.75) is 12.8 Å². The van der Waals surface area contributed by atoms with Crippen LogP contribution in [-0.4, -0.2) is 24.4 Å². The number of carbonyl (C=O) groups excluding carboxylic acids is 2. The lowest BCUT2D eigenvalue weighted by Gasteiger charge is -1.97. The fourth-order valence-corrected chi connectivity index (χ4v) is 0.499. The molecule has 0 radical (unpaired) electrons. The summed E-state index contributed by atoms with van der Waals surface area (Å²) in [5, 5.41) is 7.06. The molecule has 0 rings (SSSR count). The minimum atomic E-state index is -0.475. The maximum atomic E-state index is 10.7. The van der Waals surface area contributed by atoms with Crippen molar-refractivity contribution in [3.63, 3.8) is 0 Å². The van der Waals surface area contributed by atoms with E-state index in [0.717, 1.165) is 0 Å². The van der Waals surface area contributed by atoms with Gasteiger partial charge in [-0.05, 0) is 0 Å². The molecule has 5 nitrogen and oxygen atoms in total. The van der Waals surface area contributed by atoms with Crippen LogP contribution in [0.15, 0.2) is 0 Å². The van der Waals surface area contributed by atoms with E-state index in [4.69, 9.17) is 5.41 Å². The van der Waals surface area contributed by atoms with E-state index in [9.17, 15) is 9.59 Å². The van der Waals surface area contributed by atoms with Crippen molar-refractivity contribution in [3.8, 4) is 0 Å². The van der Waals surface area contributed by atoms with Gasteiger partial charge in [0.2, 0.25) is 0 Å². The average Bonchev–Trinajstić information content (AvgIpc) is 2.00. The first-order chi connectivity index (χ1) is 5.22. The molecule has 0 aliphatic heterocycles. The summed E-state index contributed by atoms with van der Waals surface area (Å²) in [6, 6.07) is 0. The van der Waals surface area contributed by atoms with E-state index in [1.165, 1.54) is 0 Å². The molecule has 0 heterocycles. The maximum absolute atomic E-state index is 10.7. The number of Topliss-reactive ketones (excluding diaryl/α,β-unsaturated/α-hetero) is 1. The molecule has 0 amide bonds. The molecule has 0 aromatic rings. The van der Waals surface area contributed by atoms with Gasteiger partial charge >= 0.3 is 0 Å². The summed E-state index contributed by atoms with van der Waals surface area (Å²) in [6.07, 6.45) is 0.396. The number of nitrogens with two attached hydrogens (primary N) is 1. The van der Waals surface area contributed by atoms with Crippen LogP contribution in [-0.2, 0) is 14.4 Å². The lowest BCUT2D eigenvalue weighted by atomic mass is 10.1. The van der Waals surface area contributed by atoms with Gasteiger partial charge in [0, 0.05) is 6.42 Å². The molecule has 0 aliphatic rings. The molecule has 0 aromatic carbocycles. The van der Waals surface area contributed by atoms with Crippen LogP contribution in [0.4, 0.5) is 0 Å². The molecule has 0 atom stereocenters. The molecule has 0 aromatic heterocycles. The SMILES string of the molecule is N=C(CCON)C(=O)CC=O. The van der Waals surface area contributed by atoms with Crippen LogP contribution in [0.1, 0.15) is 12.8 Å². The van der Waals surface area contributed by atoms with E-state index in [1.54, 1.807) is 0 Å². The number of carbonyl (C=O) groups is 2. The summed E-state index contributed by atoms with van der Waals surface area (Å²) >= 11 is 0. The van der Waals surface area contributed by atoms with Crippen molar-refractivity contribution >= 4 is 17.8 Å². The van der Waals surface area contributed by atoms with Gasteiger partial charge in [0.25, 0.3) is 0 Å². The molecule has 0 spiro atoms. The van der Waals surface area contributed by atoms with Crippen molar-refractivity contribution < 1.29 is 14.4 Å². The largest absolute Gasteiger partial charge is 0.304 e. The van der Waals surface area contributed by atoms with E-state index in [1.807, 2.05) is 0 Å². The molecule has 5 heteroatoms. The Morgan fingerprint density at radius 2 is 2.27 bits per heavy atom. The zero-order valence-electron chi connectivity index (χ0n) is 6.00. The minimum Gasteiger partial charge on any atom is -0.304 e. The fourth-order valence-electron chi connectivity index (χ4n) is 0.499. The van der Waals surface area contributed by atoms with Gasteiger partial charge in [-0.25, -0.2) is 5.90 Å². The lowest BCUT2D eigenvalue weighted by Crippen LogP contribution is -2.16. The van der Waals surface area contributed by atoms with E-state index >= 15 is 0 Å². The number of rotatable bonds is 6. The Morgan fingerprint density at radius 1 is 1.64 bits per heavy atom. The van der Waals surface area contributed by atoms with Crippen LogP contribution in [0.2, 0.25) is 0 Å². The van der Waals surface area contributed by atoms with Crippen molar-refractivity contribution in [2.24, 2.45) is 5.90 Å². The number of aldehydes is 1. The van der Waals surface area contributed by atoms with Crippen LogP contribution >= 0.6 is 0 Å². The Labute approximate surface area is 64.0 Å². The highest BCUT2D eigenvalue weighted by atomic mass is 16.6. The van der Waals surface area contributed by atoms with E-state index in [-0.39, 0.29) is 25.2 Å². The summed E-state index contributed by atoms with van der Waals surface area (Å²) in [7, 11) is 0. The third-order valence-electron chi connectivity index (χ3n) is 1.08. The first kappa shape index (κ1) is 9.93. The summed E-state index contributed by atoms with van der Waals surface area (Å²) in [5.74, 6) is 4.20. The van der Waals surface area contributed by atoms with Gasteiger partial charge in [0.1, 0.15) is 6.29 Å². The zero-order chi connectivity index (χ0) is 8.69. The first-order valence-electron chi connectivity index (χ1n) is 3.08. The van der Waals surface area contributed by atoms with Gasteiger partial charge in [-0.3, -0.25) is 4.79 Å². The van der Waals surface area contributed by atoms with Crippen LogP contribution in [0.5, 0.6) is 0 Å². The predicted octanol–water partition coefficient (Wildman–Crippen LogP) is -0.555. The Kier molecular flexibility index (Phi) is 5.14. The number of ketones is 1. The average molecular weight is 158 g/mol. The standard InChI is InChI=1S/C6H10N2O3/c7-5(2-4-11-8)6(10)1-3-9/h3,7H,1-2,4,8H2. The number of hydrogen-bond donors (Lipinski definition) is 2. The predicted molar refractivity (Wildman–Crippen MR) is 38.2 cm³/mol. The van der Waals surface area contributed by atoms with Crippen LogP contribution in [0.25, 0.3) is 0 Å². The molecule has 3 N–H and O–H groups in total. The van der Waals surface area contributed by atoms with Gasteiger partial charge in [-0.15, -0.1) is 0 Å². The molecule has 0 fully saturated rings. The van der Waals surface area contributed by atoms with E-state index < -0.39 is 5.78 Å². The second kappa shape index (κ2) is 5.70. The van der Waals surface area contributed by atoms with Crippen molar-refractivity contribution in [1.29, 1.82) is 5.41 Å². The monoisotopic (exact) mass is 158 g/mol. The zero-order valence-corrected chi connectivity index (χ0v) is 6.00. The molecule has 62 valence electrons. The highest BCUT2D eigenvalue weighted by Gasteiger charge is 2.07. The second-order valence-electron chi connectivity index (χ2n) is 1.89. The Morgan fingerprint density at radius 3 is 2.73 bits per heavy atom. The molecule has 0 saturated carbocycles. The molecule has 0 aliphatic carbocycles. The van der Waals surface area contributed by atoms with Gasteiger partial charge < -0.3 is 15.0 Å². The van der Waals surface area contributed by atoms with Crippen LogP contribution in [0, 0.1) is 5.41 Å². The quantitative estimate of drug-likeness (QED) is 0.234. The van der Waals surface area contributed by atoms with Crippen LogP contribution < -0.4 is 5.90 Å². The Bertz CT molecular complexity index is 167. The van der Waals surface area contributed by atoms with E-state index in [0.29, 0.717) is 6.29 Å². The normalized spacial score (nSPS) is 9.18. The highest BCUT2D eigenvalue weighted by Crippen LogP contribution is 1.88. The Balaban J connectivity index is 3.64. The molecular weight excluding hydrogens is 148 g/mol. The van der Waals surface area contributed by atoms with Crippen molar-refractivity contribution in [1.82, 2.24) is 0 Å². The van der Waals surface area contributed by atoms with E-state index in [2.05, 4.69) is 10.7 Å². The van der Waals surface area contributed by atoms with Crippen LogP contribution in [0.3, 0.4) is 0 Å². The number of nitrogens with one attached hydrogen (secondary N) is 1. The molecule has 0 bridgehead atoms. The molecule has 0 unspecified atom stereocenters. The van der Waals surface area contributed by atoms with Crippen molar-refractivity contribution in [2.75, 3.05) is 6.61 Å². The van der Waals surface area contributed by atoms with Gasteiger partial charge in [0.15, 0.2) is 5.78 Å². The Hall–Kier alpha value is -1.07. The van der Waals surface area contributed by atoms with Gasteiger partial charge in [-0.1, -0.05) is 0 Å². The minimum absolute atomic E-state index is 0.123. The fraction of sp³-hybridized carbons (Fsp3) is 0.500. The maximum Gasteiger partial charge on any atom is 0.183 e. The summed E-state index contributed by atoms with van der Waals surface area (Å²) in [4.78, 5) is 24.7. The van der Waals surface area contributed by atoms with Gasteiger partial charge in [0.05, 0.1) is 18.7 Å². The topological polar surface area (TPSA) is 93.2 Å². The highest BCUT2D eigenvalue weighted by molar-refractivity contribution is 6.40. The molecule has 0 saturated heterocycles.